The normalized spacial score (nSPS) is 17.5. The number of hydrogen-bond donors (Lipinski definition) is 4. The summed E-state index contributed by atoms with van der Waals surface area (Å²) in [6, 6.07) is 11.3. The molecule has 2 aliphatic heterocycles. The van der Waals surface area contributed by atoms with Crippen molar-refractivity contribution < 1.29 is 33.8 Å². The van der Waals surface area contributed by atoms with Crippen LogP contribution in [0.5, 0.6) is 0 Å². The molecule has 3 aromatic rings. The summed E-state index contributed by atoms with van der Waals surface area (Å²) in [7, 11) is 0. The quantitative estimate of drug-likeness (QED) is 0.275. The van der Waals surface area contributed by atoms with Crippen LogP contribution in [0.2, 0.25) is 0 Å². The number of cyclic esters (lactones) is 1. The summed E-state index contributed by atoms with van der Waals surface area (Å²) >= 11 is 1.48. The number of aryl methyl sites for hydroxylation is 1. The summed E-state index contributed by atoms with van der Waals surface area (Å²) in [4.78, 5) is 75.9. The largest absolute Gasteiger partial charge is 0.465 e. The van der Waals surface area contributed by atoms with Crippen molar-refractivity contribution >= 4 is 47.1 Å². The van der Waals surface area contributed by atoms with Crippen LogP contribution in [-0.4, -0.2) is 75.1 Å². The number of carboxylic acid groups (broad SMARTS) is 1. The molecule has 14 nitrogen and oxygen atoms in total. The van der Waals surface area contributed by atoms with E-state index in [1.165, 1.54) is 35.3 Å². The average molecular weight is 622 g/mol. The van der Waals surface area contributed by atoms with E-state index in [9.17, 15) is 29.1 Å². The lowest BCUT2D eigenvalue weighted by Gasteiger charge is -2.28. The first-order chi connectivity index (χ1) is 21.0. The predicted molar refractivity (Wildman–Crippen MR) is 158 cm³/mol. The van der Waals surface area contributed by atoms with Crippen LogP contribution in [0, 0.1) is 6.92 Å². The second-order valence-corrected chi connectivity index (χ2v) is 11.6. The Kier molecular flexibility index (Phi) is 8.76. The van der Waals surface area contributed by atoms with Gasteiger partial charge < -0.3 is 20.1 Å². The Morgan fingerprint density at radius 3 is 2.55 bits per heavy atom. The molecule has 0 spiro atoms. The number of carbonyl (C=O) groups is 5. The first-order valence-electron chi connectivity index (χ1n) is 13.9. The van der Waals surface area contributed by atoms with Gasteiger partial charge in [-0.1, -0.05) is 30.3 Å². The highest BCUT2D eigenvalue weighted by molar-refractivity contribution is 7.09. The standard InChI is InChI=1S/C29H31N7O7S/c1-17-16-44-24(30-17)21-9-6-10-35(21)25(38)19-13-20(31-22(14-19)36-11-12-43-28(36)42)23(37)33-34-26(39)29(2,32-27(40)41)15-18-7-4-3-5-8-18/h3-5,7-8,13-14,16,21,32H,6,9-12,15H2,1-2H3,(H,33,37)(H,34,39)(H,40,41)/t21-,29-/m1/s1. The molecule has 2 saturated heterocycles. The van der Waals surface area contributed by atoms with E-state index in [1.54, 1.807) is 35.2 Å². The van der Waals surface area contributed by atoms with Gasteiger partial charge >= 0.3 is 12.2 Å². The first-order valence-corrected chi connectivity index (χ1v) is 14.8. The van der Waals surface area contributed by atoms with E-state index in [0.29, 0.717) is 12.1 Å². The SMILES string of the molecule is Cc1csc([C@H]2CCCN2C(=O)c2cc(C(=O)NNC(=O)[C@@](C)(Cc3ccccc3)NC(=O)O)nc(N3CCOC3=O)c2)n1. The first kappa shape index (κ1) is 30.4. The molecule has 4 N–H and O–H groups in total. The van der Waals surface area contributed by atoms with Crippen LogP contribution < -0.4 is 21.1 Å². The lowest BCUT2D eigenvalue weighted by Crippen LogP contribution is -2.61. The highest BCUT2D eigenvalue weighted by Crippen LogP contribution is 2.35. The Balaban J connectivity index is 1.38. The van der Waals surface area contributed by atoms with E-state index in [4.69, 9.17) is 4.74 Å². The minimum atomic E-state index is -1.64. The zero-order valence-corrected chi connectivity index (χ0v) is 24.8. The van der Waals surface area contributed by atoms with Gasteiger partial charge in [0.15, 0.2) is 0 Å². The number of pyridine rings is 1. The number of anilines is 1. The zero-order valence-electron chi connectivity index (χ0n) is 24.0. The maximum Gasteiger partial charge on any atom is 0.415 e. The van der Waals surface area contributed by atoms with Gasteiger partial charge in [-0.25, -0.2) is 19.6 Å². The van der Waals surface area contributed by atoms with E-state index in [1.807, 2.05) is 12.3 Å². The van der Waals surface area contributed by atoms with Gasteiger partial charge in [-0.15, -0.1) is 11.3 Å². The maximum atomic E-state index is 13.8. The number of rotatable bonds is 8. The number of hydrazine groups is 1. The number of thiazole rings is 1. The molecule has 2 atom stereocenters. The van der Waals surface area contributed by atoms with Crippen LogP contribution in [0.1, 0.15) is 62.9 Å². The third kappa shape index (κ3) is 6.62. The van der Waals surface area contributed by atoms with Crippen LogP contribution >= 0.6 is 11.3 Å². The summed E-state index contributed by atoms with van der Waals surface area (Å²) in [5, 5.41) is 14.3. The Morgan fingerprint density at radius 1 is 1.11 bits per heavy atom. The summed E-state index contributed by atoms with van der Waals surface area (Å²) in [5.74, 6) is -2.04. The molecule has 2 aliphatic rings. The molecule has 15 heteroatoms. The second-order valence-electron chi connectivity index (χ2n) is 10.7. The summed E-state index contributed by atoms with van der Waals surface area (Å²) < 4.78 is 5.03. The molecular formula is C29H31N7O7S. The van der Waals surface area contributed by atoms with Gasteiger partial charge in [0, 0.05) is 29.6 Å². The lowest BCUT2D eigenvalue weighted by atomic mass is 9.92. The number of ether oxygens (including phenoxy) is 1. The highest BCUT2D eigenvalue weighted by atomic mass is 32.1. The van der Waals surface area contributed by atoms with Gasteiger partial charge in [-0.3, -0.25) is 30.1 Å². The fraction of sp³-hybridized carbons (Fsp3) is 0.345. The molecule has 5 amide bonds. The molecule has 0 unspecified atom stereocenters. The monoisotopic (exact) mass is 621 g/mol. The number of aromatic nitrogens is 2. The van der Waals surface area contributed by atoms with Crippen molar-refractivity contribution in [2.45, 2.75) is 44.7 Å². The molecule has 44 heavy (non-hydrogen) atoms. The van der Waals surface area contributed by atoms with Crippen molar-refractivity contribution in [1.82, 2.24) is 31.0 Å². The Morgan fingerprint density at radius 2 is 1.89 bits per heavy atom. The number of benzene rings is 1. The van der Waals surface area contributed by atoms with E-state index >= 15 is 0 Å². The Hall–Kier alpha value is -5.05. The summed E-state index contributed by atoms with van der Waals surface area (Å²) in [6.45, 7) is 4.05. The number of nitrogens with one attached hydrogen (secondary N) is 3. The third-order valence-electron chi connectivity index (χ3n) is 7.34. The van der Waals surface area contributed by atoms with Crippen molar-refractivity contribution in [3.05, 3.63) is 75.4 Å². The lowest BCUT2D eigenvalue weighted by molar-refractivity contribution is -0.127. The van der Waals surface area contributed by atoms with Crippen LogP contribution in [0.15, 0.2) is 47.8 Å². The molecule has 2 fully saturated rings. The Bertz CT molecular complexity index is 1600. The molecule has 230 valence electrons. The smallest absolute Gasteiger partial charge is 0.415 e. The highest BCUT2D eigenvalue weighted by Gasteiger charge is 2.37. The molecule has 0 radical (unpaired) electrons. The van der Waals surface area contributed by atoms with Gasteiger partial charge in [0.25, 0.3) is 17.7 Å². The molecule has 2 aromatic heterocycles. The molecule has 0 aliphatic carbocycles. The molecule has 0 saturated carbocycles. The predicted octanol–water partition coefficient (Wildman–Crippen LogP) is 2.81. The van der Waals surface area contributed by atoms with Gasteiger partial charge in [0.2, 0.25) is 0 Å². The Labute approximate surface area is 256 Å². The van der Waals surface area contributed by atoms with Crippen LogP contribution in [0.25, 0.3) is 0 Å². The van der Waals surface area contributed by atoms with E-state index < -0.39 is 29.5 Å². The van der Waals surface area contributed by atoms with Gasteiger partial charge in [-0.2, -0.15) is 0 Å². The zero-order chi connectivity index (χ0) is 31.4. The van der Waals surface area contributed by atoms with E-state index in [2.05, 4.69) is 26.1 Å². The van der Waals surface area contributed by atoms with Gasteiger partial charge in [0.05, 0.1) is 12.6 Å². The van der Waals surface area contributed by atoms with E-state index in [0.717, 1.165) is 23.5 Å². The molecule has 5 rings (SSSR count). The molecule has 0 bridgehead atoms. The van der Waals surface area contributed by atoms with Crippen molar-refractivity contribution in [2.75, 3.05) is 24.6 Å². The fourth-order valence-corrected chi connectivity index (χ4v) is 6.13. The topological polar surface area (TPSA) is 183 Å². The summed E-state index contributed by atoms with van der Waals surface area (Å²) in [6.07, 6.45) is -0.582. The van der Waals surface area contributed by atoms with Crippen molar-refractivity contribution in [3.8, 4) is 0 Å². The van der Waals surface area contributed by atoms with Gasteiger partial charge in [-0.05, 0) is 44.4 Å². The minimum Gasteiger partial charge on any atom is -0.465 e. The van der Waals surface area contributed by atoms with Crippen LogP contribution in [0.3, 0.4) is 0 Å². The van der Waals surface area contributed by atoms with Crippen molar-refractivity contribution in [2.24, 2.45) is 0 Å². The molecule has 4 heterocycles. The third-order valence-corrected chi connectivity index (χ3v) is 8.40. The number of carbonyl (C=O) groups excluding carboxylic acids is 4. The number of likely N-dealkylation sites (tertiary alicyclic amines) is 1. The number of nitrogens with zero attached hydrogens (tertiary/aromatic N) is 4. The summed E-state index contributed by atoms with van der Waals surface area (Å²) in [5.41, 5.74) is 4.31. The molecular weight excluding hydrogens is 590 g/mol. The number of hydrogen-bond acceptors (Lipinski definition) is 9. The van der Waals surface area contributed by atoms with Gasteiger partial charge in [0.1, 0.15) is 28.7 Å². The van der Waals surface area contributed by atoms with Crippen molar-refractivity contribution in [3.63, 3.8) is 0 Å². The second kappa shape index (κ2) is 12.7. The van der Waals surface area contributed by atoms with Crippen molar-refractivity contribution in [1.29, 1.82) is 0 Å². The average Bonchev–Trinajstić information content (AvgIpc) is 3.76. The maximum absolute atomic E-state index is 13.8. The van der Waals surface area contributed by atoms with Crippen LogP contribution in [0.4, 0.5) is 15.4 Å². The van der Waals surface area contributed by atoms with E-state index in [-0.39, 0.29) is 48.6 Å². The molecule has 1 aromatic carbocycles. The fourth-order valence-electron chi connectivity index (χ4n) is 5.19. The number of amides is 5. The van der Waals surface area contributed by atoms with Crippen LogP contribution in [-0.2, 0) is 16.0 Å². The minimum absolute atomic E-state index is 0.000916.